The molecule has 0 aliphatic heterocycles. The predicted octanol–water partition coefficient (Wildman–Crippen LogP) is 3.87. The van der Waals surface area contributed by atoms with E-state index < -0.39 is 0 Å². The summed E-state index contributed by atoms with van der Waals surface area (Å²) in [4.78, 5) is 11.5. The average molecular weight is 373 g/mol. The number of ketones is 1. The van der Waals surface area contributed by atoms with Crippen LogP contribution in [-0.4, -0.2) is 11.7 Å². The van der Waals surface area contributed by atoms with Crippen LogP contribution in [0.5, 0.6) is 0 Å². The first-order valence-electron chi connectivity index (χ1n) is 3.69. The molecule has 0 aliphatic carbocycles. The smallest absolute Gasteiger partial charge is 0.165 e. The summed E-state index contributed by atoms with van der Waals surface area (Å²) in [5.41, 5.74) is 0.754. The lowest BCUT2D eigenvalue weighted by molar-refractivity contribution is 0.0988. The van der Waals surface area contributed by atoms with Crippen LogP contribution in [0.25, 0.3) is 0 Å². The van der Waals surface area contributed by atoms with Gasteiger partial charge in [0.15, 0.2) is 5.78 Å². The fraction of sp³-hybridized carbons (Fsp3) is 0.222. The molecule has 1 rings (SSSR count). The van der Waals surface area contributed by atoms with Gasteiger partial charge in [0, 0.05) is 25.9 Å². The van der Waals surface area contributed by atoms with Crippen LogP contribution in [-0.2, 0) is 0 Å². The van der Waals surface area contributed by atoms with Crippen LogP contribution in [0.2, 0.25) is 0 Å². The van der Waals surface area contributed by atoms with Crippen molar-refractivity contribution in [3.8, 4) is 0 Å². The molecular weight excluding hydrogens is 366 g/mol. The number of hydrogen-bond acceptors (Lipinski definition) is 1. The van der Waals surface area contributed by atoms with Gasteiger partial charge in [0.1, 0.15) is 0 Å². The van der Waals surface area contributed by atoms with Crippen LogP contribution < -0.4 is 0 Å². The van der Waals surface area contributed by atoms with Crippen molar-refractivity contribution in [1.82, 2.24) is 0 Å². The van der Waals surface area contributed by atoms with Crippen LogP contribution in [0.3, 0.4) is 0 Å². The van der Waals surface area contributed by atoms with Crippen molar-refractivity contribution < 1.29 is 4.79 Å². The first kappa shape index (κ1) is 11.5. The molecule has 0 radical (unpaired) electrons. The lowest BCUT2D eigenvalue weighted by Crippen LogP contribution is -2.01. The molecule has 0 saturated carbocycles. The molecule has 0 unspecified atom stereocenters. The highest BCUT2D eigenvalue weighted by Gasteiger charge is 2.08. The number of carbonyl (C=O) groups is 1. The number of hydrogen-bond donors (Lipinski definition) is 0. The van der Waals surface area contributed by atoms with E-state index in [1.165, 1.54) is 0 Å². The highest BCUT2D eigenvalue weighted by atomic mass is 127. The van der Waals surface area contributed by atoms with Crippen LogP contribution in [0.4, 0.5) is 0 Å². The zero-order chi connectivity index (χ0) is 9.84. The van der Waals surface area contributed by atoms with Gasteiger partial charge in [0.05, 0.1) is 0 Å². The van der Waals surface area contributed by atoms with E-state index in [1.54, 1.807) is 0 Å². The van der Waals surface area contributed by atoms with E-state index in [0.717, 1.165) is 13.6 Å². The van der Waals surface area contributed by atoms with Gasteiger partial charge < -0.3 is 0 Å². The molecule has 0 saturated heterocycles. The Morgan fingerprint density at radius 2 is 2.23 bits per heavy atom. The summed E-state index contributed by atoms with van der Waals surface area (Å²) in [5.74, 6) is 0.484. The van der Waals surface area contributed by atoms with E-state index in [-0.39, 0.29) is 5.78 Å². The molecule has 13 heavy (non-hydrogen) atoms. The van der Waals surface area contributed by atoms with Gasteiger partial charge in [-0.05, 0) is 40.8 Å². The summed E-state index contributed by atoms with van der Waals surface area (Å²) in [6.07, 6.45) is 0.402. The summed E-state index contributed by atoms with van der Waals surface area (Å²) < 4.78 is 1.95. The van der Waals surface area contributed by atoms with Crippen molar-refractivity contribution in [1.29, 1.82) is 0 Å². The van der Waals surface area contributed by atoms with Crippen molar-refractivity contribution >= 4 is 55.9 Å². The molecule has 70 valence electrons. The fourth-order valence-electron chi connectivity index (χ4n) is 0.936. The van der Waals surface area contributed by atoms with Gasteiger partial charge in [0.25, 0.3) is 0 Å². The van der Waals surface area contributed by atoms with Crippen LogP contribution in [0, 0.1) is 3.57 Å². The van der Waals surface area contributed by atoms with Crippen LogP contribution in [0.1, 0.15) is 16.8 Å². The lowest BCUT2D eigenvalue weighted by atomic mass is 10.1. The third kappa shape index (κ3) is 3.22. The lowest BCUT2D eigenvalue weighted by Gasteiger charge is -2.02. The minimum absolute atomic E-state index is 0.104. The maximum absolute atomic E-state index is 11.5. The zero-order valence-electron chi connectivity index (χ0n) is 6.69. The highest BCUT2D eigenvalue weighted by molar-refractivity contribution is 14.1. The molecule has 0 fully saturated rings. The molecule has 0 aromatic heterocycles. The Morgan fingerprint density at radius 3 is 2.77 bits per heavy atom. The molecule has 0 aliphatic rings. The Hall–Kier alpha value is 0.390. The Bertz CT molecular complexity index is 327. The molecule has 0 heterocycles. The van der Waals surface area contributed by atoms with Gasteiger partial charge in [-0.15, -0.1) is 11.6 Å². The summed E-state index contributed by atoms with van der Waals surface area (Å²) >= 11 is 11.0. The summed E-state index contributed by atoms with van der Waals surface area (Å²) in [7, 11) is 0. The van der Waals surface area contributed by atoms with Crippen molar-refractivity contribution in [2.24, 2.45) is 0 Å². The maximum atomic E-state index is 11.5. The average Bonchev–Trinajstić information content (AvgIpc) is 2.04. The Morgan fingerprint density at radius 1 is 1.54 bits per heavy atom. The number of Topliss-reactive ketones (excluding diaryl/α,β-unsaturated/α-hetero) is 1. The van der Waals surface area contributed by atoms with Gasteiger partial charge in [0.2, 0.25) is 0 Å². The largest absolute Gasteiger partial charge is 0.294 e. The molecule has 1 nitrogen and oxygen atoms in total. The second kappa shape index (κ2) is 5.32. The monoisotopic (exact) mass is 372 g/mol. The summed E-state index contributed by atoms with van der Waals surface area (Å²) in [5, 5.41) is 0. The number of rotatable bonds is 3. The number of halogens is 3. The zero-order valence-corrected chi connectivity index (χ0v) is 11.2. The van der Waals surface area contributed by atoms with Crippen LogP contribution >= 0.6 is 50.1 Å². The highest BCUT2D eigenvalue weighted by Crippen LogP contribution is 2.19. The topological polar surface area (TPSA) is 17.1 Å². The molecule has 4 heteroatoms. The third-order valence-corrected chi connectivity index (χ3v) is 3.13. The molecule has 0 amide bonds. The van der Waals surface area contributed by atoms with E-state index in [4.69, 9.17) is 11.6 Å². The number of benzene rings is 1. The molecule has 0 bridgehead atoms. The molecule has 0 N–H and O–H groups in total. The van der Waals surface area contributed by atoms with E-state index in [9.17, 15) is 4.79 Å². The fourth-order valence-corrected chi connectivity index (χ4v) is 2.71. The number of alkyl halides is 1. The Balaban J connectivity index is 2.95. The van der Waals surface area contributed by atoms with Crippen molar-refractivity contribution in [2.75, 3.05) is 5.88 Å². The molecule has 1 aromatic carbocycles. The van der Waals surface area contributed by atoms with Crippen molar-refractivity contribution in [2.45, 2.75) is 6.42 Å². The minimum Gasteiger partial charge on any atom is -0.294 e. The molecule has 0 atom stereocenters. The minimum atomic E-state index is 0.104. The molecule has 0 spiro atoms. The SMILES string of the molecule is O=C(CCCl)c1ccc(Br)cc1I. The van der Waals surface area contributed by atoms with E-state index in [1.807, 2.05) is 18.2 Å². The van der Waals surface area contributed by atoms with Gasteiger partial charge >= 0.3 is 0 Å². The van der Waals surface area contributed by atoms with Gasteiger partial charge in [-0.3, -0.25) is 4.79 Å². The van der Waals surface area contributed by atoms with Crippen molar-refractivity contribution in [3.05, 3.63) is 31.8 Å². The summed E-state index contributed by atoms with van der Waals surface area (Å²) in [6, 6.07) is 5.60. The van der Waals surface area contributed by atoms with Gasteiger partial charge in [-0.25, -0.2) is 0 Å². The normalized spacial score (nSPS) is 10.1. The Labute approximate surface area is 104 Å². The first-order valence-corrected chi connectivity index (χ1v) is 6.10. The third-order valence-electron chi connectivity index (χ3n) is 1.55. The van der Waals surface area contributed by atoms with Crippen molar-refractivity contribution in [3.63, 3.8) is 0 Å². The molecule has 1 aromatic rings. The van der Waals surface area contributed by atoms with E-state index >= 15 is 0 Å². The second-order valence-electron chi connectivity index (χ2n) is 2.49. The van der Waals surface area contributed by atoms with Crippen LogP contribution in [0.15, 0.2) is 22.7 Å². The maximum Gasteiger partial charge on any atom is 0.165 e. The van der Waals surface area contributed by atoms with E-state index in [0.29, 0.717) is 12.3 Å². The number of carbonyl (C=O) groups excluding carboxylic acids is 1. The van der Waals surface area contributed by atoms with Gasteiger partial charge in [-0.2, -0.15) is 0 Å². The first-order chi connectivity index (χ1) is 6.15. The second-order valence-corrected chi connectivity index (χ2v) is 4.94. The van der Waals surface area contributed by atoms with E-state index in [2.05, 4.69) is 38.5 Å². The molecular formula is C9H7BrClIO. The Kier molecular flexibility index (Phi) is 4.69. The standard InChI is InChI=1S/C9H7BrClIO/c10-6-1-2-7(8(12)5-6)9(13)3-4-11/h1-2,5H,3-4H2. The van der Waals surface area contributed by atoms with Gasteiger partial charge in [-0.1, -0.05) is 15.9 Å². The quantitative estimate of drug-likeness (QED) is 0.447. The predicted molar refractivity (Wildman–Crippen MR) is 66.5 cm³/mol. The summed E-state index contributed by atoms with van der Waals surface area (Å²) in [6.45, 7) is 0.